The molecule has 0 amide bonds. The molecule has 0 aliphatic carbocycles. The zero-order chi connectivity index (χ0) is 14.5. The molecule has 6 heteroatoms. The molecule has 0 fully saturated rings. The molecule has 0 unspecified atom stereocenters. The first-order chi connectivity index (χ1) is 9.67. The van der Waals surface area contributed by atoms with E-state index < -0.39 is 5.63 Å². The minimum absolute atomic E-state index is 0.133. The lowest BCUT2D eigenvalue weighted by Crippen LogP contribution is -2.01. The second kappa shape index (κ2) is 5.39. The van der Waals surface area contributed by atoms with E-state index in [9.17, 15) is 4.79 Å². The average molecular weight is 262 g/mol. The third-order valence-electron chi connectivity index (χ3n) is 2.47. The van der Waals surface area contributed by atoms with Crippen LogP contribution in [0.25, 0.3) is 11.0 Å². The van der Waals surface area contributed by atoms with Gasteiger partial charge in [0.05, 0.1) is 0 Å². The predicted molar refractivity (Wildman–Crippen MR) is 70.0 cm³/mol. The van der Waals surface area contributed by atoms with E-state index in [2.05, 4.69) is 5.32 Å². The number of benzene rings is 1. The van der Waals surface area contributed by atoms with Crippen LogP contribution in [0, 0.1) is 34.0 Å². The van der Waals surface area contributed by atoms with Crippen molar-refractivity contribution in [2.75, 3.05) is 5.32 Å². The number of nitrogens with one attached hydrogen (secondary N) is 1. The standard InChI is InChI=1S/C14H6N4O2/c15-6-10(7-16)12(8-17)18-11-2-3-13-9(5-11)1-4-14(19)20-13/h1-5,18H. The van der Waals surface area contributed by atoms with Gasteiger partial charge in [-0.3, -0.25) is 0 Å². The summed E-state index contributed by atoms with van der Waals surface area (Å²) in [7, 11) is 0. The number of rotatable bonds is 2. The lowest BCUT2D eigenvalue weighted by molar-refractivity contribution is 0.561. The molecule has 6 nitrogen and oxygen atoms in total. The molecule has 1 aromatic heterocycles. The highest BCUT2D eigenvalue weighted by Crippen LogP contribution is 2.19. The number of nitriles is 3. The zero-order valence-corrected chi connectivity index (χ0v) is 10.0. The fraction of sp³-hybridized carbons (Fsp3) is 0. The van der Waals surface area contributed by atoms with Crippen LogP contribution in [-0.4, -0.2) is 0 Å². The summed E-state index contributed by atoms with van der Waals surface area (Å²) in [6.45, 7) is 0. The van der Waals surface area contributed by atoms with Crippen molar-refractivity contribution in [2.24, 2.45) is 0 Å². The van der Waals surface area contributed by atoms with Gasteiger partial charge in [0, 0.05) is 17.1 Å². The van der Waals surface area contributed by atoms with Gasteiger partial charge in [0.1, 0.15) is 29.5 Å². The van der Waals surface area contributed by atoms with Gasteiger partial charge in [-0.2, -0.15) is 15.8 Å². The molecular weight excluding hydrogens is 256 g/mol. The molecule has 20 heavy (non-hydrogen) atoms. The van der Waals surface area contributed by atoms with Gasteiger partial charge in [0.15, 0.2) is 5.57 Å². The van der Waals surface area contributed by atoms with Crippen LogP contribution >= 0.6 is 0 Å². The van der Waals surface area contributed by atoms with Gasteiger partial charge in [0.2, 0.25) is 0 Å². The van der Waals surface area contributed by atoms with Crippen molar-refractivity contribution in [2.45, 2.75) is 0 Å². The quantitative estimate of drug-likeness (QED) is 0.654. The van der Waals surface area contributed by atoms with Gasteiger partial charge in [0.25, 0.3) is 0 Å². The largest absolute Gasteiger partial charge is 0.423 e. The molecule has 1 N–H and O–H groups in total. The van der Waals surface area contributed by atoms with Crippen molar-refractivity contribution in [1.29, 1.82) is 15.8 Å². The topological polar surface area (TPSA) is 114 Å². The zero-order valence-electron chi connectivity index (χ0n) is 10.0. The minimum Gasteiger partial charge on any atom is -0.423 e. The van der Waals surface area contributed by atoms with E-state index in [1.165, 1.54) is 6.07 Å². The maximum absolute atomic E-state index is 11.1. The summed E-state index contributed by atoms with van der Waals surface area (Å²) >= 11 is 0. The number of fused-ring (bicyclic) bond motifs is 1. The van der Waals surface area contributed by atoms with Crippen LogP contribution in [0.15, 0.2) is 50.8 Å². The monoisotopic (exact) mass is 262 g/mol. The summed E-state index contributed by atoms with van der Waals surface area (Å²) in [5, 5.41) is 29.8. The van der Waals surface area contributed by atoms with Gasteiger partial charge in [-0.05, 0) is 24.3 Å². The van der Waals surface area contributed by atoms with Gasteiger partial charge >= 0.3 is 5.63 Å². The van der Waals surface area contributed by atoms with Crippen molar-refractivity contribution in [3.63, 3.8) is 0 Å². The predicted octanol–water partition coefficient (Wildman–Crippen LogP) is 2.03. The third-order valence-corrected chi connectivity index (χ3v) is 2.47. The Morgan fingerprint density at radius 1 is 1.05 bits per heavy atom. The summed E-state index contributed by atoms with van der Waals surface area (Å²) in [6, 6.07) is 12.7. The molecule has 0 radical (unpaired) electrons. The van der Waals surface area contributed by atoms with Crippen molar-refractivity contribution in [1.82, 2.24) is 0 Å². The first-order valence-corrected chi connectivity index (χ1v) is 5.43. The molecule has 0 spiro atoms. The average Bonchev–Trinajstić information content (AvgIpc) is 2.47. The molecule has 0 saturated carbocycles. The van der Waals surface area contributed by atoms with Crippen molar-refractivity contribution >= 4 is 16.7 Å². The summed E-state index contributed by atoms with van der Waals surface area (Å²) in [5.74, 6) is 0. The van der Waals surface area contributed by atoms with E-state index >= 15 is 0 Å². The van der Waals surface area contributed by atoms with E-state index in [-0.39, 0.29) is 11.3 Å². The van der Waals surface area contributed by atoms with Crippen LogP contribution in [0.4, 0.5) is 5.69 Å². The SMILES string of the molecule is N#CC(C#N)=C(C#N)Nc1ccc2oc(=O)ccc2c1. The number of nitrogens with zero attached hydrogens (tertiary/aromatic N) is 3. The van der Waals surface area contributed by atoms with Crippen molar-refractivity contribution in [3.05, 3.63) is 52.0 Å². The van der Waals surface area contributed by atoms with Crippen molar-refractivity contribution < 1.29 is 4.42 Å². The van der Waals surface area contributed by atoms with Gasteiger partial charge in [-0.25, -0.2) is 4.79 Å². The van der Waals surface area contributed by atoms with Crippen LogP contribution in [0.1, 0.15) is 0 Å². The maximum atomic E-state index is 11.1. The Morgan fingerprint density at radius 3 is 2.45 bits per heavy atom. The molecule has 94 valence electrons. The van der Waals surface area contributed by atoms with Gasteiger partial charge in [-0.1, -0.05) is 0 Å². The smallest absolute Gasteiger partial charge is 0.336 e. The minimum atomic E-state index is -0.452. The van der Waals surface area contributed by atoms with E-state index in [0.717, 1.165) is 0 Å². The van der Waals surface area contributed by atoms with E-state index in [1.807, 2.05) is 0 Å². The van der Waals surface area contributed by atoms with E-state index in [4.69, 9.17) is 20.2 Å². The Hall–Kier alpha value is -3.56. The van der Waals surface area contributed by atoms with Crippen molar-refractivity contribution in [3.8, 4) is 18.2 Å². The van der Waals surface area contributed by atoms with Crippen LogP contribution in [0.2, 0.25) is 0 Å². The van der Waals surface area contributed by atoms with Crippen LogP contribution < -0.4 is 10.9 Å². The molecule has 0 bridgehead atoms. The Balaban J connectivity index is 2.46. The highest BCUT2D eigenvalue weighted by Gasteiger charge is 2.07. The molecule has 0 saturated heterocycles. The lowest BCUT2D eigenvalue weighted by atomic mass is 10.2. The van der Waals surface area contributed by atoms with Crippen LogP contribution in [0.3, 0.4) is 0 Å². The second-order valence-electron chi connectivity index (χ2n) is 3.72. The summed E-state index contributed by atoms with van der Waals surface area (Å²) in [6.07, 6.45) is 0. The summed E-state index contributed by atoms with van der Waals surface area (Å²) in [5.41, 5.74) is 0.0308. The second-order valence-corrected chi connectivity index (χ2v) is 3.72. The highest BCUT2D eigenvalue weighted by molar-refractivity contribution is 5.81. The Bertz CT molecular complexity index is 872. The third kappa shape index (κ3) is 2.48. The fourth-order valence-corrected chi connectivity index (χ4v) is 1.58. The number of anilines is 1. The molecule has 1 aromatic carbocycles. The molecule has 2 rings (SSSR count). The molecule has 1 heterocycles. The van der Waals surface area contributed by atoms with E-state index in [1.54, 1.807) is 42.5 Å². The molecule has 0 aliphatic rings. The molecule has 0 atom stereocenters. The normalized spacial score (nSPS) is 9.05. The first kappa shape index (κ1) is 12.9. The van der Waals surface area contributed by atoms with E-state index in [0.29, 0.717) is 16.7 Å². The molecule has 0 aliphatic heterocycles. The number of hydrogen-bond donors (Lipinski definition) is 1. The summed E-state index contributed by atoms with van der Waals surface area (Å²) in [4.78, 5) is 11.1. The lowest BCUT2D eigenvalue weighted by Gasteiger charge is -2.05. The number of hydrogen-bond acceptors (Lipinski definition) is 6. The molecule has 2 aromatic rings. The maximum Gasteiger partial charge on any atom is 0.336 e. The highest BCUT2D eigenvalue weighted by atomic mass is 16.4. The Morgan fingerprint density at radius 2 is 1.80 bits per heavy atom. The Labute approximate surface area is 113 Å². The molecular formula is C14H6N4O2. The number of allylic oxidation sites excluding steroid dienone is 2. The Kier molecular flexibility index (Phi) is 3.47. The van der Waals surface area contributed by atoms with Crippen LogP contribution in [-0.2, 0) is 0 Å². The fourth-order valence-electron chi connectivity index (χ4n) is 1.58. The van der Waals surface area contributed by atoms with Gasteiger partial charge < -0.3 is 9.73 Å². The van der Waals surface area contributed by atoms with Crippen LogP contribution in [0.5, 0.6) is 0 Å². The first-order valence-electron chi connectivity index (χ1n) is 5.43. The summed E-state index contributed by atoms with van der Waals surface area (Å²) < 4.78 is 4.97. The van der Waals surface area contributed by atoms with Gasteiger partial charge in [-0.15, -0.1) is 0 Å².